The van der Waals surface area contributed by atoms with E-state index in [1.807, 2.05) is 6.07 Å². The van der Waals surface area contributed by atoms with Crippen LogP contribution in [0.3, 0.4) is 0 Å². The lowest BCUT2D eigenvalue weighted by Gasteiger charge is -2.31. The van der Waals surface area contributed by atoms with Crippen LogP contribution in [0.5, 0.6) is 0 Å². The van der Waals surface area contributed by atoms with Crippen LogP contribution in [0, 0.1) is 0 Å². The number of hydrogen-bond donors (Lipinski definition) is 2. The Balaban J connectivity index is 1.31. The molecule has 2 heterocycles. The lowest BCUT2D eigenvalue weighted by atomic mass is 9.85. The summed E-state index contributed by atoms with van der Waals surface area (Å²) in [6.45, 7) is 2.90. The third kappa shape index (κ3) is 4.42. The summed E-state index contributed by atoms with van der Waals surface area (Å²) in [5.74, 6) is 0.877. The fraction of sp³-hybridized carbons (Fsp3) is 0.500. The maximum Gasteiger partial charge on any atom is 0.287 e. The van der Waals surface area contributed by atoms with E-state index in [0.29, 0.717) is 18.8 Å². The lowest BCUT2D eigenvalue weighted by Crippen LogP contribution is -2.44. The van der Waals surface area contributed by atoms with Crippen molar-refractivity contribution in [2.45, 2.75) is 57.2 Å². The van der Waals surface area contributed by atoms with E-state index in [1.165, 1.54) is 17.5 Å². The summed E-state index contributed by atoms with van der Waals surface area (Å²) in [6.07, 6.45) is 5.77. The smallest absolute Gasteiger partial charge is 0.287 e. The zero-order valence-corrected chi connectivity index (χ0v) is 15.7. The van der Waals surface area contributed by atoms with Crippen molar-refractivity contribution in [1.29, 1.82) is 0 Å². The molecule has 2 aliphatic rings. The number of amides is 1. The Morgan fingerprint density at radius 3 is 2.70 bits per heavy atom. The summed E-state index contributed by atoms with van der Waals surface area (Å²) in [5.41, 5.74) is 2.03. The molecule has 1 fully saturated rings. The van der Waals surface area contributed by atoms with Gasteiger partial charge in [0.15, 0.2) is 5.76 Å². The first-order valence-corrected chi connectivity index (χ1v) is 10.00. The molecule has 1 aromatic carbocycles. The van der Waals surface area contributed by atoms with Crippen LogP contribution >= 0.6 is 0 Å². The van der Waals surface area contributed by atoms with Gasteiger partial charge in [-0.25, -0.2) is 0 Å². The monoisotopic (exact) mass is 368 g/mol. The second kappa shape index (κ2) is 7.87. The molecule has 0 unspecified atom stereocenters. The number of aliphatic hydroxyl groups is 1. The highest BCUT2D eigenvalue weighted by molar-refractivity contribution is 5.91. The second-order valence-corrected chi connectivity index (χ2v) is 7.96. The number of furan rings is 1. The van der Waals surface area contributed by atoms with Gasteiger partial charge in [-0.2, -0.15) is 0 Å². The van der Waals surface area contributed by atoms with Crippen LogP contribution in [0.4, 0.5) is 0 Å². The molecule has 27 heavy (non-hydrogen) atoms. The minimum atomic E-state index is -0.759. The van der Waals surface area contributed by atoms with Crippen molar-refractivity contribution in [3.8, 4) is 0 Å². The van der Waals surface area contributed by atoms with E-state index in [1.54, 1.807) is 6.07 Å². The van der Waals surface area contributed by atoms with Crippen LogP contribution in [0.15, 0.2) is 40.8 Å². The van der Waals surface area contributed by atoms with Crippen molar-refractivity contribution in [3.63, 3.8) is 0 Å². The SMILES string of the molecule is O=C(NCC1(O)CCCCC1)c1ccc(CN2CCc3ccccc3C2)o1. The molecule has 1 saturated carbocycles. The highest BCUT2D eigenvalue weighted by Gasteiger charge is 2.30. The normalized spacial score (nSPS) is 19.4. The van der Waals surface area contributed by atoms with E-state index in [-0.39, 0.29) is 5.91 Å². The van der Waals surface area contributed by atoms with Gasteiger partial charge in [0.1, 0.15) is 5.76 Å². The number of hydrogen-bond acceptors (Lipinski definition) is 4. The van der Waals surface area contributed by atoms with E-state index >= 15 is 0 Å². The van der Waals surface area contributed by atoms with Gasteiger partial charge in [0.2, 0.25) is 0 Å². The summed E-state index contributed by atoms with van der Waals surface area (Å²) in [5, 5.41) is 13.4. The molecule has 0 spiro atoms. The van der Waals surface area contributed by atoms with Crippen LogP contribution in [0.25, 0.3) is 0 Å². The quantitative estimate of drug-likeness (QED) is 0.850. The van der Waals surface area contributed by atoms with Crippen molar-refractivity contribution in [2.24, 2.45) is 0 Å². The lowest BCUT2D eigenvalue weighted by molar-refractivity contribution is 0.00501. The zero-order chi connectivity index (χ0) is 18.7. The minimum Gasteiger partial charge on any atom is -0.455 e. The van der Waals surface area contributed by atoms with Gasteiger partial charge in [-0.1, -0.05) is 43.5 Å². The summed E-state index contributed by atoms with van der Waals surface area (Å²) >= 11 is 0. The standard InChI is InChI=1S/C22H28N2O3/c25-21(23-16-22(26)11-4-1-5-12-22)20-9-8-19(27-20)15-24-13-10-17-6-2-3-7-18(17)14-24/h2-3,6-9,26H,1,4-5,10-16H2,(H,23,25). The fourth-order valence-corrected chi connectivity index (χ4v) is 4.21. The number of carbonyl (C=O) groups is 1. The molecule has 1 amide bonds. The van der Waals surface area contributed by atoms with E-state index in [0.717, 1.165) is 51.0 Å². The third-order valence-corrected chi connectivity index (χ3v) is 5.84. The van der Waals surface area contributed by atoms with Gasteiger partial charge in [0.05, 0.1) is 12.1 Å². The van der Waals surface area contributed by atoms with Gasteiger partial charge in [-0.15, -0.1) is 0 Å². The Kier molecular flexibility index (Phi) is 5.32. The second-order valence-electron chi connectivity index (χ2n) is 7.96. The molecule has 2 N–H and O–H groups in total. The topological polar surface area (TPSA) is 65.7 Å². The molecule has 0 radical (unpaired) electrons. The van der Waals surface area contributed by atoms with Gasteiger partial charge in [0, 0.05) is 19.6 Å². The molecule has 1 aliphatic carbocycles. The average Bonchev–Trinajstić information content (AvgIpc) is 3.15. The first kappa shape index (κ1) is 18.3. The first-order chi connectivity index (χ1) is 13.1. The third-order valence-electron chi connectivity index (χ3n) is 5.84. The molecule has 2 aromatic rings. The Morgan fingerprint density at radius 2 is 1.89 bits per heavy atom. The number of benzene rings is 1. The van der Waals surface area contributed by atoms with E-state index in [4.69, 9.17) is 4.42 Å². The van der Waals surface area contributed by atoms with E-state index in [9.17, 15) is 9.90 Å². The summed E-state index contributed by atoms with van der Waals surface area (Å²) in [7, 11) is 0. The highest BCUT2D eigenvalue weighted by atomic mass is 16.4. The van der Waals surface area contributed by atoms with Crippen molar-refractivity contribution >= 4 is 5.91 Å². The molecule has 1 aromatic heterocycles. The molecule has 5 heteroatoms. The molecule has 0 saturated heterocycles. The van der Waals surface area contributed by atoms with Gasteiger partial charge < -0.3 is 14.8 Å². The van der Waals surface area contributed by atoms with Crippen LogP contribution in [-0.2, 0) is 19.5 Å². The zero-order valence-electron chi connectivity index (χ0n) is 15.7. The predicted molar refractivity (Wildman–Crippen MR) is 103 cm³/mol. The molecule has 0 bridgehead atoms. The molecule has 1 aliphatic heterocycles. The Bertz CT molecular complexity index is 792. The van der Waals surface area contributed by atoms with Crippen molar-refractivity contribution in [3.05, 3.63) is 59.0 Å². The molecular weight excluding hydrogens is 340 g/mol. The van der Waals surface area contributed by atoms with E-state index in [2.05, 4.69) is 34.5 Å². The van der Waals surface area contributed by atoms with Crippen molar-refractivity contribution in [2.75, 3.05) is 13.1 Å². The summed E-state index contributed by atoms with van der Waals surface area (Å²) in [4.78, 5) is 14.7. The summed E-state index contributed by atoms with van der Waals surface area (Å²) < 4.78 is 5.77. The average molecular weight is 368 g/mol. The van der Waals surface area contributed by atoms with Gasteiger partial charge in [0.25, 0.3) is 5.91 Å². The number of fused-ring (bicyclic) bond motifs is 1. The molecular formula is C22H28N2O3. The molecule has 144 valence electrons. The molecule has 5 nitrogen and oxygen atoms in total. The summed E-state index contributed by atoms with van der Waals surface area (Å²) in [6, 6.07) is 12.2. The molecule has 4 rings (SSSR count). The Morgan fingerprint density at radius 1 is 1.11 bits per heavy atom. The Labute approximate surface area is 160 Å². The number of nitrogens with zero attached hydrogens (tertiary/aromatic N) is 1. The maximum absolute atomic E-state index is 12.4. The predicted octanol–water partition coefficient (Wildman–Crippen LogP) is 3.26. The number of nitrogens with one attached hydrogen (secondary N) is 1. The van der Waals surface area contributed by atoms with Crippen LogP contribution in [0.1, 0.15) is 59.5 Å². The van der Waals surface area contributed by atoms with E-state index < -0.39 is 5.60 Å². The number of carbonyl (C=O) groups excluding carboxylic acids is 1. The maximum atomic E-state index is 12.4. The van der Waals surface area contributed by atoms with Gasteiger partial charge in [-0.05, 0) is 42.5 Å². The van der Waals surface area contributed by atoms with Crippen molar-refractivity contribution in [1.82, 2.24) is 10.2 Å². The Hall–Kier alpha value is -2.11. The highest BCUT2D eigenvalue weighted by Crippen LogP contribution is 2.27. The number of rotatable bonds is 5. The van der Waals surface area contributed by atoms with Crippen LogP contribution < -0.4 is 5.32 Å². The largest absolute Gasteiger partial charge is 0.455 e. The van der Waals surface area contributed by atoms with Crippen LogP contribution in [0.2, 0.25) is 0 Å². The van der Waals surface area contributed by atoms with Crippen LogP contribution in [-0.4, -0.2) is 34.6 Å². The molecule has 0 atom stereocenters. The van der Waals surface area contributed by atoms with Gasteiger partial charge >= 0.3 is 0 Å². The minimum absolute atomic E-state index is 0.246. The first-order valence-electron chi connectivity index (χ1n) is 10.00. The fourth-order valence-electron chi connectivity index (χ4n) is 4.21. The van der Waals surface area contributed by atoms with Crippen molar-refractivity contribution < 1.29 is 14.3 Å². The van der Waals surface area contributed by atoms with Gasteiger partial charge in [-0.3, -0.25) is 9.69 Å².